The normalized spacial score (nSPS) is 10.3. The maximum Gasteiger partial charge on any atom is 0.340 e. The van der Waals surface area contributed by atoms with Crippen molar-refractivity contribution in [3.8, 4) is 0 Å². The maximum absolute atomic E-state index is 11.8. The van der Waals surface area contributed by atoms with Crippen LogP contribution in [0.5, 0.6) is 0 Å². The minimum atomic E-state index is -0.442. The fourth-order valence-electron chi connectivity index (χ4n) is 2.03. The predicted octanol–water partition coefficient (Wildman–Crippen LogP) is 4.18. The van der Waals surface area contributed by atoms with Crippen molar-refractivity contribution in [3.05, 3.63) is 51.5 Å². The average molecular weight is 349 g/mol. The highest BCUT2D eigenvalue weighted by Crippen LogP contribution is 2.30. The number of rotatable bonds is 3. The summed E-state index contributed by atoms with van der Waals surface area (Å²) < 4.78 is 5.72. The van der Waals surface area contributed by atoms with Crippen molar-refractivity contribution in [3.63, 3.8) is 0 Å². The minimum Gasteiger partial charge on any atom is -0.465 e. The number of carbonyl (C=O) groups excluding carboxylic acids is 1. The molecule has 5 heteroatoms. The maximum atomic E-state index is 11.8. The lowest BCUT2D eigenvalue weighted by atomic mass is 10.1. The number of nitrogens with one attached hydrogen (secondary N) is 1. The molecule has 4 nitrogen and oxygen atoms in total. The smallest absolute Gasteiger partial charge is 0.340 e. The monoisotopic (exact) mass is 348 g/mol. The van der Waals surface area contributed by atoms with Gasteiger partial charge in [0.2, 0.25) is 0 Å². The average Bonchev–Trinajstić information content (AvgIpc) is 2.44. The Bertz CT molecular complexity index is 699. The Kier molecular flexibility index (Phi) is 4.53. The Morgan fingerprint density at radius 1 is 1.24 bits per heavy atom. The van der Waals surface area contributed by atoms with Gasteiger partial charge >= 0.3 is 5.97 Å². The molecule has 0 aromatic heterocycles. The van der Waals surface area contributed by atoms with Crippen molar-refractivity contribution in [1.29, 1.82) is 0 Å². The molecule has 0 spiro atoms. The van der Waals surface area contributed by atoms with Crippen molar-refractivity contribution in [2.24, 2.45) is 0 Å². The summed E-state index contributed by atoms with van der Waals surface area (Å²) in [6.45, 7) is 3.88. The summed E-state index contributed by atoms with van der Waals surface area (Å²) in [6, 6.07) is 9.60. The number of hydrogen-bond acceptors (Lipinski definition) is 4. The Balaban J connectivity index is 2.40. The first-order valence-electron chi connectivity index (χ1n) is 6.44. The zero-order valence-electron chi connectivity index (χ0n) is 12.2. The number of hydrogen-bond donors (Lipinski definition) is 2. The number of esters is 1. The topological polar surface area (TPSA) is 64.3 Å². The standard InChI is InChI=1S/C16H17BrN2O2/c1-9-4-5-14(13(17)6-9)19-11-7-10(2)15(18)12(8-11)16(20)21-3/h4-8,19H,18H2,1-3H3. The number of nitrogens with two attached hydrogens (primary N) is 1. The molecule has 0 bridgehead atoms. The van der Waals surface area contributed by atoms with Crippen LogP contribution in [-0.4, -0.2) is 13.1 Å². The number of halogens is 1. The number of ether oxygens (including phenoxy) is 1. The molecule has 0 unspecified atom stereocenters. The number of benzene rings is 2. The Morgan fingerprint density at radius 2 is 1.95 bits per heavy atom. The van der Waals surface area contributed by atoms with E-state index in [4.69, 9.17) is 10.5 Å². The van der Waals surface area contributed by atoms with Gasteiger partial charge in [-0.25, -0.2) is 4.79 Å². The van der Waals surface area contributed by atoms with Gasteiger partial charge in [0.15, 0.2) is 0 Å². The van der Waals surface area contributed by atoms with Crippen LogP contribution in [0.1, 0.15) is 21.5 Å². The van der Waals surface area contributed by atoms with E-state index < -0.39 is 5.97 Å². The fraction of sp³-hybridized carbons (Fsp3) is 0.188. The van der Waals surface area contributed by atoms with Crippen LogP contribution < -0.4 is 11.1 Å². The number of nitrogen functional groups attached to an aromatic ring is 1. The first-order chi connectivity index (χ1) is 9.92. The van der Waals surface area contributed by atoms with Crippen molar-refractivity contribution in [2.45, 2.75) is 13.8 Å². The molecule has 0 amide bonds. The highest BCUT2D eigenvalue weighted by Gasteiger charge is 2.14. The molecule has 2 aromatic carbocycles. The zero-order chi connectivity index (χ0) is 15.6. The lowest BCUT2D eigenvalue weighted by Gasteiger charge is -2.13. The van der Waals surface area contributed by atoms with Gasteiger partial charge in [0, 0.05) is 15.8 Å². The number of carbonyl (C=O) groups is 1. The summed E-state index contributed by atoms with van der Waals surface area (Å²) in [5, 5.41) is 3.28. The van der Waals surface area contributed by atoms with Gasteiger partial charge in [-0.1, -0.05) is 6.07 Å². The molecule has 0 aliphatic rings. The molecule has 21 heavy (non-hydrogen) atoms. The Hall–Kier alpha value is -2.01. The quantitative estimate of drug-likeness (QED) is 0.645. The molecule has 0 atom stereocenters. The lowest BCUT2D eigenvalue weighted by molar-refractivity contribution is 0.0602. The largest absolute Gasteiger partial charge is 0.465 e. The van der Waals surface area contributed by atoms with Crippen molar-refractivity contribution < 1.29 is 9.53 Å². The van der Waals surface area contributed by atoms with Crippen LogP contribution in [0.3, 0.4) is 0 Å². The molecule has 0 radical (unpaired) electrons. The molecule has 0 aliphatic carbocycles. The van der Waals surface area contributed by atoms with Gasteiger partial charge < -0.3 is 15.8 Å². The first kappa shape index (κ1) is 15.4. The van der Waals surface area contributed by atoms with Gasteiger partial charge in [-0.2, -0.15) is 0 Å². The van der Waals surface area contributed by atoms with E-state index in [0.29, 0.717) is 11.3 Å². The van der Waals surface area contributed by atoms with Crippen LogP contribution >= 0.6 is 15.9 Å². The molecule has 0 heterocycles. The first-order valence-corrected chi connectivity index (χ1v) is 7.23. The van der Waals surface area contributed by atoms with Crippen LogP contribution in [0.2, 0.25) is 0 Å². The third-order valence-electron chi connectivity index (χ3n) is 3.20. The molecule has 110 valence electrons. The predicted molar refractivity (Wildman–Crippen MR) is 89.1 cm³/mol. The van der Waals surface area contributed by atoms with Gasteiger partial charge in [-0.3, -0.25) is 0 Å². The van der Waals surface area contributed by atoms with Crippen molar-refractivity contribution >= 4 is 39.0 Å². The van der Waals surface area contributed by atoms with E-state index in [1.54, 1.807) is 6.07 Å². The van der Waals surface area contributed by atoms with E-state index in [9.17, 15) is 4.79 Å². The molecule has 0 saturated heterocycles. The van der Waals surface area contributed by atoms with Crippen LogP contribution in [-0.2, 0) is 4.74 Å². The highest BCUT2D eigenvalue weighted by atomic mass is 79.9. The fourth-order valence-corrected chi connectivity index (χ4v) is 2.62. The molecular weight excluding hydrogens is 332 g/mol. The Morgan fingerprint density at radius 3 is 2.57 bits per heavy atom. The van der Waals surface area contributed by atoms with Gasteiger partial charge in [-0.05, 0) is 65.2 Å². The highest BCUT2D eigenvalue weighted by molar-refractivity contribution is 9.10. The summed E-state index contributed by atoms with van der Waals surface area (Å²) in [6.07, 6.45) is 0. The van der Waals surface area contributed by atoms with E-state index >= 15 is 0 Å². The lowest BCUT2D eigenvalue weighted by Crippen LogP contribution is -2.08. The van der Waals surface area contributed by atoms with Crippen molar-refractivity contribution in [2.75, 3.05) is 18.2 Å². The summed E-state index contributed by atoms with van der Waals surface area (Å²) in [7, 11) is 1.34. The molecule has 2 rings (SSSR count). The summed E-state index contributed by atoms with van der Waals surface area (Å²) in [5.41, 5.74) is 10.4. The molecule has 2 aromatic rings. The van der Waals surface area contributed by atoms with E-state index in [-0.39, 0.29) is 0 Å². The van der Waals surface area contributed by atoms with Crippen LogP contribution in [0.4, 0.5) is 17.1 Å². The van der Waals surface area contributed by atoms with E-state index in [0.717, 1.165) is 27.0 Å². The second-order valence-corrected chi connectivity index (χ2v) is 5.71. The molecular formula is C16H17BrN2O2. The van der Waals surface area contributed by atoms with Gasteiger partial charge in [0.1, 0.15) is 0 Å². The van der Waals surface area contributed by atoms with Crippen LogP contribution in [0, 0.1) is 13.8 Å². The summed E-state index contributed by atoms with van der Waals surface area (Å²) in [4.78, 5) is 11.8. The van der Waals surface area contributed by atoms with Gasteiger partial charge in [-0.15, -0.1) is 0 Å². The third kappa shape index (κ3) is 3.36. The Labute approximate surface area is 132 Å². The third-order valence-corrected chi connectivity index (χ3v) is 3.85. The second-order valence-electron chi connectivity index (χ2n) is 4.85. The minimum absolute atomic E-state index is 0.364. The number of aryl methyl sites for hydroxylation is 2. The van der Waals surface area contributed by atoms with Crippen molar-refractivity contribution in [1.82, 2.24) is 0 Å². The van der Waals surface area contributed by atoms with E-state index in [2.05, 4.69) is 21.2 Å². The summed E-state index contributed by atoms with van der Waals surface area (Å²) >= 11 is 3.52. The SMILES string of the molecule is COC(=O)c1cc(Nc2ccc(C)cc2Br)cc(C)c1N. The molecule has 0 aliphatic heterocycles. The summed E-state index contributed by atoms with van der Waals surface area (Å²) in [5.74, 6) is -0.442. The van der Waals surface area contributed by atoms with E-state index in [1.807, 2.05) is 38.1 Å². The van der Waals surface area contributed by atoms with Crippen LogP contribution in [0.15, 0.2) is 34.8 Å². The number of anilines is 3. The second kappa shape index (κ2) is 6.18. The molecule has 3 N–H and O–H groups in total. The van der Waals surface area contributed by atoms with Gasteiger partial charge in [0.25, 0.3) is 0 Å². The molecule has 0 saturated carbocycles. The zero-order valence-corrected chi connectivity index (χ0v) is 13.7. The van der Waals surface area contributed by atoms with E-state index in [1.165, 1.54) is 7.11 Å². The molecule has 0 fully saturated rings. The van der Waals surface area contributed by atoms with Crippen LogP contribution in [0.25, 0.3) is 0 Å². The number of methoxy groups -OCH3 is 1. The van der Waals surface area contributed by atoms with Gasteiger partial charge in [0.05, 0.1) is 18.4 Å².